The standard InChI is InChI=1S/C17H20N2O6S/c1-2-19(10-9-16(20)21)17(22)13-5-7-15(8-6-13)26(23,24)18-12-14-4-3-11-25-14/h3-8,11,18H,2,9-10,12H2,1H3,(H,20,21). The molecule has 0 atom stereocenters. The Morgan fingerprint density at radius 2 is 1.88 bits per heavy atom. The van der Waals surface area contributed by atoms with Gasteiger partial charge in [-0.25, -0.2) is 13.1 Å². The lowest BCUT2D eigenvalue weighted by Gasteiger charge is -2.20. The minimum Gasteiger partial charge on any atom is -0.481 e. The number of nitrogens with zero attached hydrogens (tertiary/aromatic N) is 1. The summed E-state index contributed by atoms with van der Waals surface area (Å²) in [5.41, 5.74) is 0.294. The number of benzene rings is 1. The van der Waals surface area contributed by atoms with E-state index in [4.69, 9.17) is 9.52 Å². The van der Waals surface area contributed by atoms with E-state index in [1.165, 1.54) is 35.4 Å². The first-order chi connectivity index (χ1) is 12.3. The average molecular weight is 380 g/mol. The normalized spacial score (nSPS) is 11.3. The van der Waals surface area contributed by atoms with E-state index in [1.807, 2.05) is 0 Å². The van der Waals surface area contributed by atoms with Crippen molar-refractivity contribution in [2.75, 3.05) is 13.1 Å². The molecule has 2 N–H and O–H groups in total. The van der Waals surface area contributed by atoms with Gasteiger partial charge in [-0.3, -0.25) is 9.59 Å². The highest BCUT2D eigenvalue weighted by molar-refractivity contribution is 7.89. The van der Waals surface area contributed by atoms with E-state index in [2.05, 4.69) is 4.72 Å². The third kappa shape index (κ3) is 5.17. The highest BCUT2D eigenvalue weighted by atomic mass is 32.2. The molecule has 0 saturated carbocycles. The van der Waals surface area contributed by atoms with Crippen LogP contribution in [0.1, 0.15) is 29.5 Å². The molecule has 0 saturated heterocycles. The number of sulfonamides is 1. The second-order valence-corrected chi connectivity index (χ2v) is 7.22. The second-order valence-electron chi connectivity index (χ2n) is 5.46. The van der Waals surface area contributed by atoms with E-state index >= 15 is 0 Å². The molecule has 1 amide bonds. The predicted octanol–water partition coefficient (Wildman–Crippen LogP) is 1.69. The lowest BCUT2D eigenvalue weighted by Crippen LogP contribution is -2.32. The molecule has 0 fully saturated rings. The number of carboxylic acid groups (broad SMARTS) is 1. The molecular formula is C17H20N2O6S. The van der Waals surface area contributed by atoms with E-state index in [-0.39, 0.29) is 30.3 Å². The molecule has 26 heavy (non-hydrogen) atoms. The zero-order valence-corrected chi connectivity index (χ0v) is 15.0. The second kappa shape index (κ2) is 8.63. The molecule has 1 aromatic heterocycles. The van der Waals surface area contributed by atoms with Gasteiger partial charge in [0.2, 0.25) is 10.0 Å². The Balaban J connectivity index is 2.06. The maximum Gasteiger partial charge on any atom is 0.305 e. The predicted molar refractivity (Wildman–Crippen MR) is 93.0 cm³/mol. The van der Waals surface area contributed by atoms with Crippen molar-refractivity contribution < 1.29 is 27.5 Å². The topological polar surface area (TPSA) is 117 Å². The molecule has 1 heterocycles. The van der Waals surface area contributed by atoms with Crippen molar-refractivity contribution in [1.29, 1.82) is 0 Å². The maximum absolute atomic E-state index is 12.4. The summed E-state index contributed by atoms with van der Waals surface area (Å²) in [6.45, 7) is 2.22. The molecule has 0 bridgehead atoms. The van der Waals surface area contributed by atoms with Crippen molar-refractivity contribution in [3.05, 3.63) is 54.0 Å². The summed E-state index contributed by atoms with van der Waals surface area (Å²) < 4.78 is 32.0. The van der Waals surface area contributed by atoms with Crippen LogP contribution in [0.3, 0.4) is 0 Å². The molecule has 0 aliphatic carbocycles. The number of aliphatic carboxylic acids is 1. The van der Waals surface area contributed by atoms with Gasteiger partial charge in [0.25, 0.3) is 5.91 Å². The van der Waals surface area contributed by atoms with E-state index in [0.29, 0.717) is 17.9 Å². The summed E-state index contributed by atoms with van der Waals surface area (Å²) in [6, 6.07) is 8.81. The summed E-state index contributed by atoms with van der Waals surface area (Å²) in [6.07, 6.45) is 1.30. The summed E-state index contributed by atoms with van der Waals surface area (Å²) in [7, 11) is -3.74. The van der Waals surface area contributed by atoms with Crippen molar-refractivity contribution in [3.63, 3.8) is 0 Å². The molecule has 0 aliphatic heterocycles. The smallest absolute Gasteiger partial charge is 0.305 e. The van der Waals surface area contributed by atoms with Crippen LogP contribution in [0.2, 0.25) is 0 Å². The van der Waals surface area contributed by atoms with Crippen LogP contribution in [-0.4, -0.2) is 43.4 Å². The number of hydrogen-bond donors (Lipinski definition) is 2. The molecule has 140 valence electrons. The van der Waals surface area contributed by atoms with Gasteiger partial charge in [0.1, 0.15) is 5.76 Å². The highest BCUT2D eigenvalue weighted by Crippen LogP contribution is 2.13. The van der Waals surface area contributed by atoms with Gasteiger partial charge in [0, 0.05) is 18.7 Å². The van der Waals surface area contributed by atoms with Gasteiger partial charge in [-0.1, -0.05) is 0 Å². The van der Waals surface area contributed by atoms with Gasteiger partial charge in [0.05, 0.1) is 24.1 Å². The van der Waals surface area contributed by atoms with Crippen molar-refractivity contribution in [2.24, 2.45) is 0 Å². The van der Waals surface area contributed by atoms with Gasteiger partial charge in [-0.05, 0) is 43.3 Å². The Morgan fingerprint density at radius 1 is 1.19 bits per heavy atom. The Hall–Kier alpha value is -2.65. The molecule has 8 nitrogen and oxygen atoms in total. The minimum atomic E-state index is -3.74. The Kier molecular flexibility index (Phi) is 6.53. The van der Waals surface area contributed by atoms with Crippen LogP contribution in [0.5, 0.6) is 0 Å². The molecule has 1 aromatic carbocycles. The fourth-order valence-corrected chi connectivity index (χ4v) is 3.25. The van der Waals surface area contributed by atoms with Crippen LogP contribution in [-0.2, 0) is 21.4 Å². The number of rotatable bonds is 9. The van der Waals surface area contributed by atoms with Crippen LogP contribution >= 0.6 is 0 Å². The highest BCUT2D eigenvalue weighted by Gasteiger charge is 2.18. The molecule has 0 spiro atoms. The third-order valence-electron chi connectivity index (χ3n) is 3.69. The molecule has 2 aromatic rings. The van der Waals surface area contributed by atoms with Crippen molar-refractivity contribution >= 4 is 21.9 Å². The number of amides is 1. The summed E-state index contributed by atoms with van der Waals surface area (Å²) in [4.78, 5) is 24.5. The zero-order chi connectivity index (χ0) is 19.2. The molecule has 9 heteroatoms. The Labute approximate surface area is 151 Å². The fraction of sp³-hybridized carbons (Fsp3) is 0.294. The molecule has 0 radical (unpaired) electrons. The minimum absolute atomic E-state index is 0.0224. The van der Waals surface area contributed by atoms with Crippen molar-refractivity contribution in [3.8, 4) is 0 Å². The van der Waals surface area contributed by atoms with E-state index in [0.717, 1.165) is 0 Å². The Bertz CT molecular complexity index is 844. The van der Waals surface area contributed by atoms with Gasteiger partial charge in [-0.15, -0.1) is 0 Å². The first-order valence-corrected chi connectivity index (χ1v) is 9.45. The summed E-state index contributed by atoms with van der Waals surface area (Å²) in [5.74, 6) is -0.848. The largest absolute Gasteiger partial charge is 0.481 e. The number of carboxylic acids is 1. The van der Waals surface area contributed by atoms with Crippen LogP contribution in [0, 0.1) is 0 Å². The molecule has 0 aliphatic rings. The first kappa shape index (κ1) is 19.7. The lowest BCUT2D eigenvalue weighted by atomic mass is 10.2. The van der Waals surface area contributed by atoms with Crippen molar-refractivity contribution in [1.82, 2.24) is 9.62 Å². The first-order valence-electron chi connectivity index (χ1n) is 7.96. The number of furan rings is 1. The van der Waals surface area contributed by atoms with Gasteiger partial charge in [0.15, 0.2) is 0 Å². The van der Waals surface area contributed by atoms with Crippen LogP contribution in [0.15, 0.2) is 52.0 Å². The number of carbonyl (C=O) groups excluding carboxylic acids is 1. The number of hydrogen-bond acceptors (Lipinski definition) is 5. The monoisotopic (exact) mass is 380 g/mol. The molecule has 2 rings (SSSR count). The molecular weight excluding hydrogens is 360 g/mol. The van der Waals surface area contributed by atoms with Crippen LogP contribution in [0.25, 0.3) is 0 Å². The Morgan fingerprint density at radius 3 is 2.42 bits per heavy atom. The van der Waals surface area contributed by atoms with Gasteiger partial charge >= 0.3 is 5.97 Å². The van der Waals surface area contributed by atoms with Crippen LogP contribution < -0.4 is 4.72 Å². The maximum atomic E-state index is 12.4. The number of carbonyl (C=O) groups is 2. The van der Waals surface area contributed by atoms with E-state index in [9.17, 15) is 18.0 Å². The SMILES string of the molecule is CCN(CCC(=O)O)C(=O)c1ccc(S(=O)(=O)NCc2ccco2)cc1. The quantitative estimate of drug-likeness (QED) is 0.684. The number of nitrogens with one attached hydrogen (secondary N) is 1. The zero-order valence-electron chi connectivity index (χ0n) is 14.2. The van der Waals surface area contributed by atoms with Crippen LogP contribution in [0.4, 0.5) is 0 Å². The lowest BCUT2D eigenvalue weighted by molar-refractivity contribution is -0.137. The van der Waals surface area contributed by atoms with Crippen molar-refractivity contribution in [2.45, 2.75) is 24.8 Å². The van der Waals surface area contributed by atoms with E-state index in [1.54, 1.807) is 19.1 Å². The molecule has 0 unspecified atom stereocenters. The summed E-state index contributed by atoms with van der Waals surface area (Å²) in [5, 5.41) is 8.74. The van der Waals surface area contributed by atoms with Gasteiger partial charge < -0.3 is 14.4 Å². The van der Waals surface area contributed by atoms with Gasteiger partial charge in [-0.2, -0.15) is 0 Å². The summed E-state index contributed by atoms with van der Waals surface area (Å²) >= 11 is 0. The average Bonchev–Trinajstić information content (AvgIpc) is 3.14. The fourth-order valence-electron chi connectivity index (χ4n) is 2.26. The van der Waals surface area contributed by atoms with E-state index < -0.39 is 16.0 Å². The third-order valence-corrected chi connectivity index (χ3v) is 5.11.